The summed E-state index contributed by atoms with van der Waals surface area (Å²) in [6.07, 6.45) is -2.08. The van der Waals surface area contributed by atoms with Gasteiger partial charge in [0.25, 0.3) is 0 Å². The topological polar surface area (TPSA) is 20.2 Å². The number of hydrogen-bond acceptors (Lipinski definition) is 1. The summed E-state index contributed by atoms with van der Waals surface area (Å²) in [5, 5.41) is 9.62. The van der Waals surface area contributed by atoms with Crippen molar-refractivity contribution in [1.82, 2.24) is 0 Å². The van der Waals surface area contributed by atoms with Crippen LogP contribution in [0.4, 0.5) is 13.2 Å². The fraction of sp³-hybridized carbons (Fsp3) is 1.00. The molecule has 1 aliphatic carbocycles. The van der Waals surface area contributed by atoms with Crippen LogP contribution in [0.3, 0.4) is 0 Å². The van der Waals surface area contributed by atoms with Gasteiger partial charge in [-0.15, -0.1) is 0 Å². The second-order valence-electron chi connectivity index (χ2n) is 4.74. The molecule has 1 atom stereocenters. The van der Waals surface area contributed by atoms with Gasteiger partial charge in [0.1, 0.15) is 0 Å². The molecule has 1 fully saturated rings. The second-order valence-corrected chi connectivity index (χ2v) is 4.74. The van der Waals surface area contributed by atoms with Gasteiger partial charge in [-0.3, -0.25) is 0 Å². The van der Waals surface area contributed by atoms with Crippen molar-refractivity contribution in [1.29, 1.82) is 0 Å². The molecule has 1 N–H and O–H groups in total. The number of aliphatic hydroxyl groups excluding tert-OH is 1. The van der Waals surface area contributed by atoms with E-state index in [1.165, 1.54) is 0 Å². The maximum Gasteiger partial charge on any atom is 0.389 e. The third-order valence-electron chi connectivity index (χ3n) is 3.33. The van der Waals surface area contributed by atoms with E-state index in [2.05, 4.69) is 6.92 Å². The lowest BCUT2D eigenvalue weighted by Crippen LogP contribution is -2.26. The van der Waals surface area contributed by atoms with Gasteiger partial charge in [-0.25, -0.2) is 0 Å². The van der Waals surface area contributed by atoms with Gasteiger partial charge < -0.3 is 5.11 Å². The molecule has 0 aliphatic heterocycles. The smallest absolute Gasteiger partial charge is 0.389 e. The molecule has 4 heteroatoms. The Labute approximate surface area is 88.7 Å². The summed E-state index contributed by atoms with van der Waals surface area (Å²) in [6.45, 7) is 2.15. The zero-order chi connectivity index (χ0) is 11.5. The van der Waals surface area contributed by atoms with Crippen LogP contribution in [-0.2, 0) is 0 Å². The van der Waals surface area contributed by atoms with Gasteiger partial charge in [-0.05, 0) is 31.1 Å². The Balaban J connectivity index is 2.25. The Morgan fingerprint density at radius 2 is 1.73 bits per heavy atom. The number of alkyl halides is 3. The van der Waals surface area contributed by atoms with Crippen LogP contribution in [0.5, 0.6) is 0 Å². The number of halogens is 3. The molecule has 90 valence electrons. The summed E-state index contributed by atoms with van der Waals surface area (Å²) in [5.41, 5.74) is 0. The molecule has 15 heavy (non-hydrogen) atoms. The van der Waals surface area contributed by atoms with E-state index in [9.17, 15) is 18.3 Å². The summed E-state index contributed by atoms with van der Waals surface area (Å²) in [5.74, 6) is 0.750. The molecule has 0 heterocycles. The minimum atomic E-state index is -4.14. The Kier molecular flexibility index (Phi) is 4.44. The largest absolute Gasteiger partial charge is 0.393 e. The van der Waals surface area contributed by atoms with Crippen LogP contribution in [-0.4, -0.2) is 17.4 Å². The SMILES string of the molecule is CC1CCC(C(O)CCC(F)(F)F)CC1. The van der Waals surface area contributed by atoms with Gasteiger partial charge in [0.05, 0.1) is 6.10 Å². The fourth-order valence-electron chi connectivity index (χ4n) is 2.22. The van der Waals surface area contributed by atoms with E-state index in [-0.39, 0.29) is 12.3 Å². The van der Waals surface area contributed by atoms with Crippen molar-refractivity contribution >= 4 is 0 Å². The quantitative estimate of drug-likeness (QED) is 0.777. The summed E-state index contributed by atoms with van der Waals surface area (Å²) < 4.78 is 35.8. The Bertz CT molecular complexity index is 183. The lowest BCUT2D eigenvalue weighted by molar-refractivity contribution is -0.142. The van der Waals surface area contributed by atoms with Crippen molar-refractivity contribution in [3.05, 3.63) is 0 Å². The molecular formula is C11H19F3O. The van der Waals surface area contributed by atoms with Crippen LogP contribution >= 0.6 is 0 Å². The molecular weight excluding hydrogens is 205 g/mol. The first-order valence-electron chi connectivity index (χ1n) is 5.63. The first-order chi connectivity index (χ1) is 6.88. The Morgan fingerprint density at radius 1 is 1.20 bits per heavy atom. The second kappa shape index (κ2) is 5.19. The zero-order valence-electron chi connectivity index (χ0n) is 9.06. The van der Waals surface area contributed by atoms with Crippen LogP contribution in [0.1, 0.15) is 45.4 Å². The molecule has 0 radical (unpaired) electrons. The highest BCUT2D eigenvalue weighted by Crippen LogP contribution is 2.33. The molecule has 0 aromatic rings. The number of aliphatic hydroxyl groups is 1. The minimum absolute atomic E-state index is 0.0866. The van der Waals surface area contributed by atoms with E-state index in [1.807, 2.05) is 0 Å². The van der Waals surface area contributed by atoms with Crippen molar-refractivity contribution in [2.45, 2.75) is 57.7 Å². The van der Waals surface area contributed by atoms with Gasteiger partial charge in [-0.2, -0.15) is 13.2 Å². The van der Waals surface area contributed by atoms with E-state index in [4.69, 9.17) is 0 Å². The maximum atomic E-state index is 11.9. The molecule has 0 aromatic heterocycles. The highest BCUT2D eigenvalue weighted by molar-refractivity contribution is 4.76. The molecule has 1 saturated carbocycles. The first kappa shape index (κ1) is 12.8. The van der Waals surface area contributed by atoms with Crippen molar-refractivity contribution in [3.63, 3.8) is 0 Å². The summed E-state index contributed by atoms with van der Waals surface area (Å²) in [6, 6.07) is 0. The molecule has 0 amide bonds. The van der Waals surface area contributed by atoms with Gasteiger partial charge in [0.15, 0.2) is 0 Å². The highest BCUT2D eigenvalue weighted by atomic mass is 19.4. The van der Waals surface area contributed by atoms with E-state index >= 15 is 0 Å². The molecule has 1 rings (SSSR count). The summed E-state index contributed by atoms with van der Waals surface area (Å²) >= 11 is 0. The lowest BCUT2D eigenvalue weighted by Gasteiger charge is -2.30. The van der Waals surface area contributed by atoms with Gasteiger partial charge >= 0.3 is 6.18 Å². The average Bonchev–Trinajstić information content (AvgIpc) is 2.14. The van der Waals surface area contributed by atoms with Crippen molar-refractivity contribution in [3.8, 4) is 0 Å². The first-order valence-corrected chi connectivity index (χ1v) is 5.63. The fourth-order valence-corrected chi connectivity index (χ4v) is 2.22. The summed E-state index contributed by atoms with van der Waals surface area (Å²) in [4.78, 5) is 0. The monoisotopic (exact) mass is 224 g/mol. The Hall–Kier alpha value is -0.250. The van der Waals surface area contributed by atoms with E-state index in [0.717, 1.165) is 25.7 Å². The minimum Gasteiger partial charge on any atom is -0.393 e. The normalized spacial score (nSPS) is 30.2. The highest BCUT2D eigenvalue weighted by Gasteiger charge is 2.31. The molecule has 1 aliphatic rings. The van der Waals surface area contributed by atoms with Crippen LogP contribution < -0.4 is 0 Å². The third-order valence-corrected chi connectivity index (χ3v) is 3.33. The van der Waals surface area contributed by atoms with E-state index in [1.54, 1.807) is 0 Å². The summed E-state index contributed by atoms with van der Waals surface area (Å²) in [7, 11) is 0. The van der Waals surface area contributed by atoms with Gasteiger partial charge in [0.2, 0.25) is 0 Å². The van der Waals surface area contributed by atoms with Crippen LogP contribution in [0, 0.1) is 11.8 Å². The van der Waals surface area contributed by atoms with Crippen LogP contribution in [0.15, 0.2) is 0 Å². The maximum absolute atomic E-state index is 11.9. The predicted octanol–water partition coefficient (Wildman–Crippen LogP) is 3.52. The van der Waals surface area contributed by atoms with Crippen molar-refractivity contribution in [2.24, 2.45) is 11.8 Å². The van der Waals surface area contributed by atoms with Crippen LogP contribution in [0.2, 0.25) is 0 Å². The van der Waals surface area contributed by atoms with Crippen LogP contribution in [0.25, 0.3) is 0 Å². The third kappa shape index (κ3) is 4.87. The van der Waals surface area contributed by atoms with Crippen molar-refractivity contribution < 1.29 is 18.3 Å². The lowest BCUT2D eigenvalue weighted by atomic mass is 9.79. The molecule has 0 saturated heterocycles. The zero-order valence-corrected chi connectivity index (χ0v) is 9.06. The molecule has 0 spiro atoms. The predicted molar refractivity (Wildman–Crippen MR) is 52.4 cm³/mol. The molecule has 0 aromatic carbocycles. The number of rotatable bonds is 3. The standard InChI is InChI=1S/C11H19F3O/c1-8-2-4-9(5-3-8)10(15)6-7-11(12,13)14/h8-10,15H,2-7H2,1H3. The average molecular weight is 224 g/mol. The molecule has 1 nitrogen and oxygen atoms in total. The van der Waals surface area contributed by atoms with Crippen molar-refractivity contribution in [2.75, 3.05) is 0 Å². The van der Waals surface area contributed by atoms with E-state index < -0.39 is 18.7 Å². The molecule has 1 unspecified atom stereocenters. The van der Waals surface area contributed by atoms with Gasteiger partial charge in [0, 0.05) is 6.42 Å². The molecule has 0 bridgehead atoms. The van der Waals surface area contributed by atoms with E-state index in [0.29, 0.717) is 5.92 Å². The Morgan fingerprint density at radius 3 is 2.20 bits per heavy atom. The van der Waals surface area contributed by atoms with Gasteiger partial charge in [-0.1, -0.05) is 19.8 Å². The number of hydrogen-bond donors (Lipinski definition) is 1.